The smallest absolute Gasteiger partial charge is 0.338 e. The van der Waals surface area contributed by atoms with Crippen molar-refractivity contribution in [3.05, 3.63) is 103 Å². The van der Waals surface area contributed by atoms with E-state index < -0.39 is 12.0 Å². The Balaban J connectivity index is 1.80. The Labute approximate surface area is 208 Å². The van der Waals surface area contributed by atoms with E-state index in [2.05, 4.69) is 4.99 Å². The number of esters is 1. The summed E-state index contributed by atoms with van der Waals surface area (Å²) in [6.45, 7) is 6.45. The lowest BCUT2D eigenvalue weighted by atomic mass is 9.96. The summed E-state index contributed by atoms with van der Waals surface area (Å²) in [5.74, 6) is 0.274. The predicted molar refractivity (Wildman–Crippen MR) is 139 cm³/mol. The Morgan fingerprint density at radius 3 is 2.54 bits per heavy atom. The fraction of sp³-hybridized carbons (Fsp3) is 0.250. The summed E-state index contributed by atoms with van der Waals surface area (Å²) in [6.07, 6.45) is 6.50. The van der Waals surface area contributed by atoms with Crippen LogP contribution in [-0.2, 0) is 9.53 Å². The van der Waals surface area contributed by atoms with Crippen LogP contribution in [0, 0.1) is 0 Å². The second-order valence-corrected chi connectivity index (χ2v) is 9.02. The molecule has 0 radical (unpaired) electrons. The quantitative estimate of drug-likeness (QED) is 0.445. The van der Waals surface area contributed by atoms with Gasteiger partial charge in [-0.05, 0) is 49.6 Å². The van der Waals surface area contributed by atoms with Crippen molar-refractivity contribution >= 4 is 29.5 Å². The van der Waals surface area contributed by atoms with Gasteiger partial charge < -0.3 is 9.47 Å². The number of fused-ring (bicyclic) bond motifs is 1. The van der Waals surface area contributed by atoms with Crippen molar-refractivity contribution in [1.82, 2.24) is 4.57 Å². The van der Waals surface area contributed by atoms with Crippen molar-refractivity contribution in [1.29, 1.82) is 0 Å². The minimum absolute atomic E-state index is 0.197. The number of aromatic nitrogens is 1. The molecule has 0 N–H and O–H groups in total. The topological polar surface area (TPSA) is 69.9 Å². The van der Waals surface area contributed by atoms with Crippen LogP contribution in [0.5, 0.6) is 5.75 Å². The minimum Gasteiger partial charge on any atom is -0.494 e. The van der Waals surface area contributed by atoms with Crippen LogP contribution < -0.4 is 19.6 Å². The molecule has 35 heavy (non-hydrogen) atoms. The normalized spacial score (nSPS) is 15.7. The van der Waals surface area contributed by atoms with Gasteiger partial charge in [0, 0.05) is 0 Å². The molecule has 4 rings (SSSR count). The molecule has 0 amide bonds. The Hall–Kier alpha value is -3.71. The first-order valence-corrected chi connectivity index (χ1v) is 12.5. The number of carbonyl (C=O) groups is 1. The van der Waals surface area contributed by atoms with Gasteiger partial charge in [-0.1, -0.05) is 72.9 Å². The molecule has 1 aliphatic heterocycles. The molecule has 1 atom stereocenters. The predicted octanol–water partition coefficient (Wildman–Crippen LogP) is 4.25. The molecule has 180 valence electrons. The van der Waals surface area contributed by atoms with Gasteiger partial charge in [0.1, 0.15) is 5.75 Å². The maximum Gasteiger partial charge on any atom is 0.338 e. The van der Waals surface area contributed by atoms with Crippen LogP contribution in [0.1, 0.15) is 44.4 Å². The number of benzene rings is 2. The van der Waals surface area contributed by atoms with Crippen molar-refractivity contribution in [3.63, 3.8) is 0 Å². The molecule has 6 nitrogen and oxygen atoms in total. The number of hydrogen-bond acceptors (Lipinski definition) is 6. The number of allylic oxidation sites excluding steroid dienone is 2. The van der Waals surface area contributed by atoms with Gasteiger partial charge in [0.2, 0.25) is 0 Å². The highest BCUT2D eigenvalue weighted by molar-refractivity contribution is 7.07. The zero-order chi connectivity index (χ0) is 24.8. The summed E-state index contributed by atoms with van der Waals surface area (Å²) < 4.78 is 13.2. The molecule has 3 aromatic rings. The molecule has 0 fully saturated rings. The number of ether oxygens (including phenoxy) is 2. The first-order chi connectivity index (χ1) is 17.0. The third-order valence-electron chi connectivity index (χ3n) is 5.52. The Morgan fingerprint density at radius 2 is 1.86 bits per heavy atom. The Kier molecular flexibility index (Phi) is 7.77. The standard InChI is InChI=1S/C28H28N2O4S/c1-4-18-34-22-16-14-21(15-17-22)25-24(27(32)33-5-2)19(3)29-28-30(25)26(31)23(35-28)13-9-12-20-10-7-6-8-11-20/h6-17,25H,4-5,18H2,1-3H3/b12-9+,23-13-. The van der Waals surface area contributed by atoms with Crippen LogP contribution in [0.25, 0.3) is 12.2 Å². The second-order valence-electron chi connectivity index (χ2n) is 8.01. The van der Waals surface area contributed by atoms with Gasteiger partial charge in [-0.15, -0.1) is 0 Å². The van der Waals surface area contributed by atoms with Crippen molar-refractivity contribution in [2.45, 2.75) is 33.2 Å². The van der Waals surface area contributed by atoms with Gasteiger partial charge in [-0.2, -0.15) is 0 Å². The molecule has 2 aromatic carbocycles. The Bertz CT molecular complexity index is 1430. The van der Waals surface area contributed by atoms with Gasteiger partial charge in [-0.25, -0.2) is 9.79 Å². The number of carbonyl (C=O) groups excluding carboxylic acids is 1. The number of hydrogen-bond donors (Lipinski definition) is 0. The molecule has 1 aromatic heterocycles. The fourth-order valence-electron chi connectivity index (χ4n) is 3.90. The molecule has 0 saturated heterocycles. The summed E-state index contributed by atoms with van der Waals surface area (Å²) in [6, 6.07) is 16.7. The van der Waals surface area contributed by atoms with Crippen molar-refractivity contribution in [2.24, 2.45) is 4.99 Å². The molecule has 2 heterocycles. The lowest BCUT2D eigenvalue weighted by Crippen LogP contribution is -2.39. The maximum absolute atomic E-state index is 13.5. The zero-order valence-electron chi connectivity index (χ0n) is 20.1. The number of thiazole rings is 1. The highest BCUT2D eigenvalue weighted by Crippen LogP contribution is 2.31. The van der Waals surface area contributed by atoms with E-state index in [1.165, 1.54) is 11.3 Å². The van der Waals surface area contributed by atoms with E-state index in [4.69, 9.17) is 9.47 Å². The van der Waals surface area contributed by atoms with E-state index in [1.54, 1.807) is 24.5 Å². The summed E-state index contributed by atoms with van der Waals surface area (Å²) in [4.78, 5) is 31.6. The Morgan fingerprint density at radius 1 is 1.11 bits per heavy atom. The van der Waals surface area contributed by atoms with Crippen LogP contribution in [0.3, 0.4) is 0 Å². The summed E-state index contributed by atoms with van der Waals surface area (Å²) in [7, 11) is 0. The van der Waals surface area contributed by atoms with Crippen molar-refractivity contribution in [3.8, 4) is 5.75 Å². The zero-order valence-corrected chi connectivity index (χ0v) is 20.9. The van der Waals surface area contributed by atoms with Gasteiger partial charge in [0.15, 0.2) is 4.80 Å². The van der Waals surface area contributed by atoms with E-state index in [0.29, 0.717) is 27.2 Å². The van der Waals surface area contributed by atoms with Gasteiger partial charge in [0.05, 0.1) is 35.1 Å². The summed E-state index contributed by atoms with van der Waals surface area (Å²) in [5, 5.41) is 0. The maximum atomic E-state index is 13.5. The van der Waals surface area contributed by atoms with E-state index >= 15 is 0 Å². The monoisotopic (exact) mass is 488 g/mol. The summed E-state index contributed by atoms with van der Waals surface area (Å²) in [5.41, 5.74) is 2.55. The lowest BCUT2D eigenvalue weighted by molar-refractivity contribution is -0.139. The largest absolute Gasteiger partial charge is 0.494 e. The first-order valence-electron chi connectivity index (χ1n) is 11.7. The lowest BCUT2D eigenvalue weighted by Gasteiger charge is -2.24. The van der Waals surface area contributed by atoms with Crippen molar-refractivity contribution < 1.29 is 14.3 Å². The molecule has 0 saturated carbocycles. The van der Waals surface area contributed by atoms with Gasteiger partial charge in [0.25, 0.3) is 5.56 Å². The number of nitrogens with zero attached hydrogens (tertiary/aromatic N) is 2. The fourth-order valence-corrected chi connectivity index (χ4v) is 4.90. The molecular formula is C28H28N2O4S. The van der Waals surface area contributed by atoms with Crippen LogP contribution in [0.15, 0.2) is 81.7 Å². The highest BCUT2D eigenvalue weighted by atomic mass is 32.1. The summed E-state index contributed by atoms with van der Waals surface area (Å²) >= 11 is 1.31. The molecule has 7 heteroatoms. The van der Waals surface area contributed by atoms with Gasteiger partial charge >= 0.3 is 5.97 Å². The molecule has 0 aliphatic carbocycles. The molecule has 0 spiro atoms. The van der Waals surface area contributed by atoms with Crippen LogP contribution >= 0.6 is 11.3 Å². The SMILES string of the molecule is CCCOc1ccc(C2C(C(=O)OCC)=C(C)N=c3s/c(=C\C=C\c4ccccc4)c(=O)n32)cc1. The van der Waals surface area contributed by atoms with E-state index in [1.807, 2.05) is 73.7 Å². The van der Waals surface area contributed by atoms with E-state index in [9.17, 15) is 9.59 Å². The first kappa shape index (κ1) is 24.4. The molecular weight excluding hydrogens is 460 g/mol. The third-order valence-corrected chi connectivity index (χ3v) is 6.52. The molecule has 1 unspecified atom stereocenters. The van der Waals surface area contributed by atoms with Crippen LogP contribution in [0.2, 0.25) is 0 Å². The molecule has 1 aliphatic rings. The van der Waals surface area contributed by atoms with Crippen LogP contribution in [-0.4, -0.2) is 23.8 Å². The number of rotatable bonds is 8. The highest BCUT2D eigenvalue weighted by Gasteiger charge is 2.33. The second kappa shape index (κ2) is 11.1. The molecule has 0 bridgehead atoms. The minimum atomic E-state index is -0.634. The van der Waals surface area contributed by atoms with E-state index in [0.717, 1.165) is 23.3 Å². The third kappa shape index (κ3) is 5.35. The average Bonchev–Trinajstić information content (AvgIpc) is 3.17. The van der Waals surface area contributed by atoms with Gasteiger partial charge in [-0.3, -0.25) is 9.36 Å². The average molecular weight is 489 g/mol. The van der Waals surface area contributed by atoms with Crippen molar-refractivity contribution in [2.75, 3.05) is 13.2 Å². The van der Waals surface area contributed by atoms with Crippen LogP contribution in [0.4, 0.5) is 0 Å². The van der Waals surface area contributed by atoms with E-state index in [-0.39, 0.29) is 12.2 Å².